The van der Waals surface area contributed by atoms with E-state index >= 15 is 0 Å². The lowest BCUT2D eigenvalue weighted by molar-refractivity contribution is 0.0220. The Morgan fingerprint density at radius 1 is 1.29 bits per heavy atom. The van der Waals surface area contributed by atoms with Crippen LogP contribution in [0, 0.1) is 5.92 Å². The van der Waals surface area contributed by atoms with Gasteiger partial charge in [0.05, 0.1) is 5.60 Å². The second-order valence-electron chi connectivity index (χ2n) is 5.47. The summed E-state index contributed by atoms with van der Waals surface area (Å²) in [7, 11) is 1.67. The van der Waals surface area contributed by atoms with Crippen LogP contribution < -0.4 is 5.32 Å². The van der Waals surface area contributed by atoms with Gasteiger partial charge in [0.2, 0.25) is 0 Å². The summed E-state index contributed by atoms with van der Waals surface area (Å²) in [5, 5.41) is 13.6. The molecule has 0 spiro atoms. The smallest absolute Gasteiger partial charge is 0.0765 e. The molecule has 0 saturated heterocycles. The van der Waals surface area contributed by atoms with Gasteiger partial charge in [-0.1, -0.05) is 27.2 Å². The van der Waals surface area contributed by atoms with Crippen molar-refractivity contribution in [1.82, 2.24) is 5.32 Å². The Labute approximate surface area is 107 Å². The topological polar surface area (TPSA) is 41.5 Å². The third-order valence-electron chi connectivity index (χ3n) is 3.49. The first kappa shape index (κ1) is 16.9. The fourth-order valence-electron chi connectivity index (χ4n) is 1.82. The average molecular weight is 245 g/mol. The number of ether oxygens (including phenoxy) is 1. The van der Waals surface area contributed by atoms with E-state index < -0.39 is 5.60 Å². The molecule has 0 aliphatic rings. The van der Waals surface area contributed by atoms with Gasteiger partial charge in [0, 0.05) is 32.7 Å². The Morgan fingerprint density at radius 3 is 2.41 bits per heavy atom. The zero-order chi connectivity index (χ0) is 13.3. The fraction of sp³-hybridized carbons (Fsp3) is 1.00. The normalized spacial score (nSPS) is 18.7. The lowest BCUT2D eigenvalue weighted by Gasteiger charge is -2.28. The average Bonchev–Trinajstić information content (AvgIpc) is 2.31. The van der Waals surface area contributed by atoms with Gasteiger partial charge in [0.15, 0.2) is 0 Å². The van der Waals surface area contributed by atoms with E-state index in [1.165, 1.54) is 12.8 Å². The first-order valence-electron chi connectivity index (χ1n) is 6.89. The molecule has 0 aliphatic heterocycles. The second-order valence-corrected chi connectivity index (χ2v) is 5.47. The summed E-state index contributed by atoms with van der Waals surface area (Å²) in [6.45, 7) is 9.83. The van der Waals surface area contributed by atoms with Crippen LogP contribution in [0.5, 0.6) is 0 Å². The van der Waals surface area contributed by atoms with Crippen molar-refractivity contribution in [3.05, 3.63) is 0 Å². The molecule has 0 amide bonds. The molecule has 0 radical (unpaired) electrons. The van der Waals surface area contributed by atoms with Crippen molar-refractivity contribution in [3.63, 3.8) is 0 Å². The van der Waals surface area contributed by atoms with Crippen LogP contribution in [0.25, 0.3) is 0 Å². The number of hydrogen-bond acceptors (Lipinski definition) is 3. The van der Waals surface area contributed by atoms with Crippen molar-refractivity contribution < 1.29 is 9.84 Å². The number of aliphatic hydroxyl groups is 1. The molecule has 0 heterocycles. The van der Waals surface area contributed by atoms with Crippen LogP contribution in [0.2, 0.25) is 0 Å². The fourth-order valence-corrected chi connectivity index (χ4v) is 1.82. The van der Waals surface area contributed by atoms with Gasteiger partial charge in [-0.3, -0.25) is 0 Å². The van der Waals surface area contributed by atoms with Crippen molar-refractivity contribution in [3.8, 4) is 0 Å². The third-order valence-corrected chi connectivity index (χ3v) is 3.49. The summed E-state index contributed by atoms with van der Waals surface area (Å²) >= 11 is 0. The Balaban J connectivity index is 3.95. The van der Waals surface area contributed by atoms with Crippen LogP contribution in [0.3, 0.4) is 0 Å². The first-order chi connectivity index (χ1) is 7.95. The lowest BCUT2D eigenvalue weighted by Crippen LogP contribution is -2.43. The molecular formula is C14H31NO2. The molecule has 0 rings (SSSR count). The van der Waals surface area contributed by atoms with Crippen molar-refractivity contribution >= 4 is 0 Å². The molecule has 3 nitrogen and oxygen atoms in total. The zero-order valence-electron chi connectivity index (χ0n) is 12.3. The van der Waals surface area contributed by atoms with E-state index in [0.29, 0.717) is 25.6 Å². The number of methoxy groups -OCH3 is 1. The quantitative estimate of drug-likeness (QED) is 0.621. The molecule has 3 heteroatoms. The second kappa shape index (κ2) is 8.90. The van der Waals surface area contributed by atoms with Crippen molar-refractivity contribution in [1.29, 1.82) is 0 Å². The molecule has 3 unspecified atom stereocenters. The van der Waals surface area contributed by atoms with Crippen LogP contribution in [-0.4, -0.2) is 37.0 Å². The van der Waals surface area contributed by atoms with Gasteiger partial charge in [-0.05, 0) is 25.7 Å². The van der Waals surface area contributed by atoms with Crippen molar-refractivity contribution in [2.24, 2.45) is 5.92 Å². The lowest BCUT2D eigenvalue weighted by atomic mass is 9.96. The van der Waals surface area contributed by atoms with E-state index in [2.05, 4.69) is 26.1 Å². The number of nitrogens with one attached hydrogen (secondary N) is 1. The van der Waals surface area contributed by atoms with Crippen molar-refractivity contribution in [2.45, 2.75) is 65.0 Å². The first-order valence-corrected chi connectivity index (χ1v) is 6.89. The molecule has 0 aliphatic carbocycles. The predicted molar refractivity (Wildman–Crippen MR) is 73.3 cm³/mol. The minimum Gasteiger partial charge on any atom is -0.389 e. The van der Waals surface area contributed by atoms with E-state index in [0.717, 1.165) is 12.3 Å². The summed E-state index contributed by atoms with van der Waals surface area (Å²) < 4.78 is 5.01. The van der Waals surface area contributed by atoms with Gasteiger partial charge in [0.1, 0.15) is 0 Å². The molecule has 2 N–H and O–H groups in total. The van der Waals surface area contributed by atoms with Crippen LogP contribution in [0.4, 0.5) is 0 Å². The largest absolute Gasteiger partial charge is 0.389 e. The van der Waals surface area contributed by atoms with Gasteiger partial charge >= 0.3 is 0 Å². The molecule has 0 aromatic rings. The molecule has 0 fully saturated rings. The van der Waals surface area contributed by atoms with Gasteiger partial charge in [-0.25, -0.2) is 0 Å². The van der Waals surface area contributed by atoms with Gasteiger partial charge in [-0.2, -0.15) is 0 Å². The molecular weight excluding hydrogens is 214 g/mol. The van der Waals surface area contributed by atoms with Gasteiger partial charge in [0.25, 0.3) is 0 Å². The van der Waals surface area contributed by atoms with E-state index in [-0.39, 0.29) is 0 Å². The number of hydrogen-bond donors (Lipinski definition) is 2. The van der Waals surface area contributed by atoms with Crippen LogP contribution >= 0.6 is 0 Å². The third kappa shape index (κ3) is 8.58. The molecule has 3 atom stereocenters. The molecule has 104 valence electrons. The highest BCUT2D eigenvalue weighted by Crippen LogP contribution is 2.14. The molecule has 0 aromatic heterocycles. The number of rotatable bonds is 10. The Kier molecular flexibility index (Phi) is 8.83. The monoisotopic (exact) mass is 245 g/mol. The van der Waals surface area contributed by atoms with E-state index in [1.807, 2.05) is 6.92 Å². The van der Waals surface area contributed by atoms with Crippen LogP contribution in [0.1, 0.15) is 53.4 Å². The summed E-state index contributed by atoms with van der Waals surface area (Å²) in [4.78, 5) is 0. The molecule has 0 aromatic carbocycles. The molecule has 0 saturated carbocycles. The van der Waals surface area contributed by atoms with Gasteiger partial charge < -0.3 is 15.2 Å². The van der Waals surface area contributed by atoms with Crippen LogP contribution in [-0.2, 0) is 4.74 Å². The van der Waals surface area contributed by atoms with Gasteiger partial charge in [-0.15, -0.1) is 0 Å². The zero-order valence-corrected chi connectivity index (χ0v) is 12.3. The maximum atomic E-state index is 10.1. The summed E-state index contributed by atoms with van der Waals surface area (Å²) in [6, 6.07) is 0.513. The summed E-state index contributed by atoms with van der Waals surface area (Å²) in [5.74, 6) is 0.747. The Bertz CT molecular complexity index is 183. The SMILES string of the molecule is CCC(C)CC(CC)NCC(C)(O)CCOC. The highest BCUT2D eigenvalue weighted by atomic mass is 16.5. The Morgan fingerprint density at radius 2 is 1.94 bits per heavy atom. The van der Waals surface area contributed by atoms with Crippen molar-refractivity contribution in [2.75, 3.05) is 20.3 Å². The molecule has 17 heavy (non-hydrogen) atoms. The minimum absolute atomic E-state index is 0.513. The van der Waals surface area contributed by atoms with E-state index in [1.54, 1.807) is 7.11 Å². The maximum Gasteiger partial charge on any atom is 0.0765 e. The van der Waals surface area contributed by atoms with E-state index in [4.69, 9.17) is 4.74 Å². The predicted octanol–water partition coefficient (Wildman–Crippen LogP) is 2.58. The summed E-state index contributed by atoms with van der Waals surface area (Å²) in [5.41, 5.74) is -0.668. The summed E-state index contributed by atoms with van der Waals surface area (Å²) in [6.07, 6.45) is 4.20. The maximum absolute atomic E-state index is 10.1. The van der Waals surface area contributed by atoms with E-state index in [9.17, 15) is 5.11 Å². The Hall–Kier alpha value is -0.120. The standard InChI is InChI=1S/C14H31NO2/c1-6-12(3)10-13(7-2)15-11-14(4,16)8-9-17-5/h12-13,15-16H,6-11H2,1-5H3. The highest BCUT2D eigenvalue weighted by Gasteiger charge is 2.21. The molecule has 0 bridgehead atoms. The van der Waals surface area contributed by atoms with Crippen LogP contribution in [0.15, 0.2) is 0 Å². The highest BCUT2D eigenvalue weighted by molar-refractivity contribution is 4.78. The minimum atomic E-state index is -0.668.